The van der Waals surface area contributed by atoms with E-state index in [0.717, 1.165) is 18.1 Å². The third kappa shape index (κ3) is 2.80. The van der Waals surface area contributed by atoms with E-state index in [0.29, 0.717) is 5.69 Å². The molecule has 2 N–H and O–H groups in total. The average molecular weight is 279 g/mol. The highest BCUT2D eigenvalue weighted by atomic mass is 32.1. The van der Waals surface area contributed by atoms with Gasteiger partial charge < -0.3 is 10.6 Å². The van der Waals surface area contributed by atoms with E-state index < -0.39 is 0 Å². The van der Waals surface area contributed by atoms with Crippen molar-refractivity contribution in [1.29, 1.82) is 0 Å². The summed E-state index contributed by atoms with van der Waals surface area (Å²) in [5.41, 5.74) is 8.92. The zero-order valence-corrected chi connectivity index (χ0v) is 11.8. The van der Waals surface area contributed by atoms with Crippen LogP contribution in [-0.2, 0) is 6.54 Å². The monoisotopic (exact) mass is 279 g/mol. The van der Waals surface area contributed by atoms with Crippen LogP contribution in [-0.4, -0.2) is 27.0 Å². The van der Waals surface area contributed by atoms with Gasteiger partial charge in [-0.15, -0.1) is 11.3 Å². The molecule has 0 atom stereocenters. The van der Waals surface area contributed by atoms with Gasteiger partial charge >= 0.3 is 0 Å². The van der Waals surface area contributed by atoms with E-state index in [1.807, 2.05) is 24.4 Å². The summed E-state index contributed by atoms with van der Waals surface area (Å²) in [4.78, 5) is 16.2. The van der Waals surface area contributed by atoms with Gasteiger partial charge in [0.05, 0.1) is 30.1 Å². The maximum Gasteiger partial charge on any atom is 0.147 e. The Morgan fingerprint density at radius 1 is 1.39 bits per heavy atom. The Morgan fingerprint density at radius 2 is 2.17 bits per heavy atom. The third-order valence-electron chi connectivity index (χ3n) is 2.51. The Morgan fingerprint density at radius 3 is 2.67 bits per heavy atom. The van der Waals surface area contributed by atoms with Crippen molar-refractivity contribution >= 4 is 34.4 Å². The molecule has 0 fully saturated rings. The maximum atomic E-state index is 5.48. The number of aryl methyl sites for hydroxylation is 1. The van der Waals surface area contributed by atoms with Crippen LogP contribution in [0.3, 0.4) is 0 Å². The van der Waals surface area contributed by atoms with Crippen LogP contribution in [0, 0.1) is 6.92 Å². The van der Waals surface area contributed by atoms with E-state index in [1.54, 1.807) is 23.7 Å². The molecule has 2 aromatic heterocycles. The first kappa shape index (κ1) is 12.8. The first-order chi connectivity index (χ1) is 8.58. The summed E-state index contributed by atoms with van der Waals surface area (Å²) in [6.07, 6.45) is 3.26. The molecule has 0 aliphatic heterocycles. The predicted octanol–water partition coefficient (Wildman–Crippen LogP) is 1.51. The van der Waals surface area contributed by atoms with Gasteiger partial charge in [0.1, 0.15) is 16.5 Å². The lowest BCUT2D eigenvalue weighted by molar-refractivity contribution is 0.892. The zero-order chi connectivity index (χ0) is 13.1. The Bertz CT molecular complexity index is 549. The molecule has 2 heterocycles. The van der Waals surface area contributed by atoms with Gasteiger partial charge in [0.2, 0.25) is 0 Å². The minimum atomic E-state index is 0.259. The molecule has 18 heavy (non-hydrogen) atoms. The van der Waals surface area contributed by atoms with Gasteiger partial charge in [-0.05, 0) is 6.92 Å². The number of thiazole rings is 1. The van der Waals surface area contributed by atoms with Crippen LogP contribution in [0.2, 0.25) is 0 Å². The maximum absolute atomic E-state index is 5.48. The van der Waals surface area contributed by atoms with Crippen LogP contribution < -0.4 is 10.6 Å². The minimum Gasteiger partial charge on any atom is -0.388 e. The molecule has 5 nitrogen and oxygen atoms in total. The first-order valence-corrected chi connectivity index (χ1v) is 6.58. The molecule has 0 saturated carbocycles. The molecule has 0 unspecified atom stereocenters. The molecule has 7 heteroatoms. The van der Waals surface area contributed by atoms with Gasteiger partial charge in [-0.3, -0.25) is 0 Å². The van der Waals surface area contributed by atoms with E-state index in [-0.39, 0.29) is 4.99 Å². The van der Waals surface area contributed by atoms with E-state index in [4.69, 9.17) is 18.0 Å². The number of hydrogen-bond donors (Lipinski definition) is 1. The fourth-order valence-electron chi connectivity index (χ4n) is 1.42. The SMILES string of the molecule is Cc1ncsc1CN(C)c1cnc(C(N)=S)cn1. The van der Waals surface area contributed by atoms with Gasteiger partial charge in [-0.2, -0.15) is 0 Å². The normalized spacial score (nSPS) is 10.3. The van der Waals surface area contributed by atoms with Gasteiger partial charge in [0.25, 0.3) is 0 Å². The van der Waals surface area contributed by atoms with Crippen molar-refractivity contribution in [2.75, 3.05) is 11.9 Å². The van der Waals surface area contributed by atoms with Crippen LogP contribution in [0.1, 0.15) is 16.3 Å². The molecule has 0 aliphatic rings. The van der Waals surface area contributed by atoms with Gasteiger partial charge in [-0.25, -0.2) is 15.0 Å². The molecule has 0 aromatic carbocycles. The third-order valence-corrected chi connectivity index (χ3v) is 3.64. The number of nitrogens with two attached hydrogens (primary N) is 1. The standard InChI is InChI=1S/C11H13N5S2/c1-7-9(18-6-15-7)5-16(2)10-4-13-8(3-14-10)11(12)17/h3-4,6H,5H2,1-2H3,(H2,12,17). The molecule has 0 radical (unpaired) electrons. The molecule has 94 valence electrons. The summed E-state index contributed by atoms with van der Waals surface area (Å²) in [6, 6.07) is 0. The van der Waals surface area contributed by atoms with Crippen molar-refractivity contribution in [3.8, 4) is 0 Å². The van der Waals surface area contributed by atoms with Crippen molar-refractivity contribution in [3.05, 3.63) is 34.2 Å². The van der Waals surface area contributed by atoms with Crippen molar-refractivity contribution in [2.24, 2.45) is 5.73 Å². The van der Waals surface area contributed by atoms with Gasteiger partial charge in [-0.1, -0.05) is 12.2 Å². The molecule has 0 spiro atoms. The fraction of sp³-hybridized carbons (Fsp3) is 0.273. The zero-order valence-electron chi connectivity index (χ0n) is 10.1. The lowest BCUT2D eigenvalue weighted by Crippen LogP contribution is -2.19. The summed E-state index contributed by atoms with van der Waals surface area (Å²) < 4.78 is 0. The lowest BCUT2D eigenvalue weighted by Gasteiger charge is -2.17. The number of thiocarbonyl (C=S) groups is 1. The average Bonchev–Trinajstić information content (AvgIpc) is 2.75. The van der Waals surface area contributed by atoms with Gasteiger partial charge in [0, 0.05) is 11.9 Å². The summed E-state index contributed by atoms with van der Waals surface area (Å²) in [5.74, 6) is 0.780. The molecule has 0 aliphatic carbocycles. The molecule has 0 saturated heterocycles. The summed E-state index contributed by atoms with van der Waals surface area (Å²) in [6.45, 7) is 2.76. The summed E-state index contributed by atoms with van der Waals surface area (Å²) in [7, 11) is 1.96. The Labute approximate surface area is 115 Å². The van der Waals surface area contributed by atoms with Crippen LogP contribution in [0.15, 0.2) is 17.9 Å². The Hall–Kier alpha value is -1.60. The smallest absolute Gasteiger partial charge is 0.147 e. The molecule has 0 amide bonds. The Kier molecular flexibility index (Phi) is 3.83. The fourth-order valence-corrected chi connectivity index (χ4v) is 2.35. The van der Waals surface area contributed by atoms with Crippen LogP contribution in [0.25, 0.3) is 0 Å². The van der Waals surface area contributed by atoms with E-state index in [9.17, 15) is 0 Å². The number of nitrogens with zero attached hydrogens (tertiary/aromatic N) is 4. The minimum absolute atomic E-state index is 0.259. The topological polar surface area (TPSA) is 67.9 Å². The Balaban J connectivity index is 2.12. The van der Waals surface area contributed by atoms with Crippen LogP contribution in [0.5, 0.6) is 0 Å². The van der Waals surface area contributed by atoms with Crippen molar-refractivity contribution < 1.29 is 0 Å². The second-order valence-electron chi connectivity index (χ2n) is 3.84. The number of anilines is 1. The highest BCUT2D eigenvalue weighted by Crippen LogP contribution is 2.17. The summed E-state index contributed by atoms with van der Waals surface area (Å²) in [5, 5.41) is 0. The quantitative estimate of drug-likeness (QED) is 0.856. The van der Waals surface area contributed by atoms with E-state index in [1.165, 1.54) is 4.88 Å². The van der Waals surface area contributed by atoms with Crippen molar-refractivity contribution in [3.63, 3.8) is 0 Å². The second-order valence-corrected chi connectivity index (χ2v) is 5.22. The van der Waals surface area contributed by atoms with Crippen LogP contribution >= 0.6 is 23.6 Å². The van der Waals surface area contributed by atoms with Gasteiger partial charge in [0.15, 0.2) is 0 Å². The van der Waals surface area contributed by atoms with Crippen molar-refractivity contribution in [1.82, 2.24) is 15.0 Å². The highest BCUT2D eigenvalue weighted by Gasteiger charge is 2.08. The van der Waals surface area contributed by atoms with Crippen molar-refractivity contribution in [2.45, 2.75) is 13.5 Å². The molecule has 2 aromatic rings. The lowest BCUT2D eigenvalue weighted by atomic mass is 10.3. The first-order valence-electron chi connectivity index (χ1n) is 5.30. The molecule has 2 rings (SSSR count). The largest absolute Gasteiger partial charge is 0.388 e. The molecular weight excluding hydrogens is 266 g/mol. The van der Waals surface area contributed by atoms with E-state index in [2.05, 4.69) is 15.0 Å². The highest BCUT2D eigenvalue weighted by molar-refractivity contribution is 7.80. The van der Waals surface area contributed by atoms with Crippen LogP contribution in [0.4, 0.5) is 5.82 Å². The molecule has 0 bridgehead atoms. The van der Waals surface area contributed by atoms with E-state index >= 15 is 0 Å². The number of aromatic nitrogens is 3. The molecular formula is C11H13N5S2. The predicted molar refractivity (Wildman–Crippen MR) is 76.9 cm³/mol. The number of rotatable bonds is 4. The second kappa shape index (κ2) is 5.36. The number of hydrogen-bond acceptors (Lipinski definition) is 6. The summed E-state index contributed by atoms with van der Waals surface area (Å²) >= 11 is 6.48.